The molecule has 24 heavy (non-hydrogen) atoms. The maximum Gasteiger partial charge on any atom is 0.335 e. The minimum absolute atomic E-state index is 0.334. The number of alkyl halides is 1. The second-order valence-corrected chi connectivity index (χ2v) is 7.94. The number of hydrogen-bond donors (Lipinski definition) is 0. The van der Waals surface area contributed by atoms with Gasteiger partial charge >= 0.3 is 11.9 Å². The lowest BCUT2D eigenvalue weighted by molar-refractivity contribution is -0.139. The van der Waals surface area contributed by atoms with Crippen LogP contribution >= 0.6 is 15.9 Å². The van der Waals surface area contributed by atoms with E-state index in [9.17, 15) is 9.59 Å². The van der Waals surface area contributed by atoms with E-state index < -0.39 is 17.5 Å². The molecule has 1 saturated heterocycles. The number of esters is 2. The molecule has 2 aliphatic carbocycles. The SMILES string of the molecule is COC(=O)C1=C(C(=O)OC)C(Br)C23CCCCCCCCC2(C1)O3. The summed E-state index contributed by atoms with van der Waals surface area (Å²) in [4.78, 5) is 24.3. The molecule has 1 heterocycles. The highest BCUT2D eigenvalue weighted by atomic mass is 79.9. The van der Waals surface area contributed by atoms with E-state index in [0.717, 1.165) is 25.7 Å². The summed E-state index contributed by atoms with van der Waals surface area (Å²) >= 11 is 3.68. The van der Waals surface area contributed by atoms with Crippen LogP contribution in [-0.2, 0) is 23.8 Å². The van der Waals surface area contributed by atoms with Gasteiger partial charge in [-0.2, -0.15) is 0 Å². The van der Waals surface area contributed by atoms with Crippen molar-refractivity contribution in [1.82, 2.24) is 0 Å². The molecule has 0 radical (unpaired) electrons. The summed E-state index contributed by atoms with van der Waals surface area (Å²) < 4.78 is 16.2. The number of carbonyl (C=O) groups excluding carboxylic acids is 2. The Morgan fingerprint density at radius 3 is 2.21 bits per heavy atom. The van der Waals surface area contributed by atoms with Crippen molar-refractivity contribution in [2.75, 3.05) is 14.2 Å². The molecule has 1 saturated carbocycles. The van der Waals surface area contributed by atoms with Crippen LogP contribution in [0.25, 0.3) is 0 Å². The number of methoxy groups -OCH3 is 2. The van der Waals surface area contributed by atoms with E-state index in [2.05, 4.69) is 15.9 Å². The van der Waals surface area contributed by atoms with Crippen LogP contribution in [-0.4, -0.2) is 42.2 Å². The Balaban J connectivity index is 2.00. The molecule has 0 aromatic heterocycles. The summed E-state index contributed by atoms with van der Waals surface area (Å²) in [5.74, 6) is -0.941. The standard InChI is InChI=1S/C18H25BrO5/c1-22-15(20)12-11-17-9-7-5-3-4-6-8-10-18(17,24-17)14(19)13(12)16(21)23-2/h14H,3-11H2,1-2H3. The molecule has 0 amide bonds. The van der Waals surface area contributed by atoms with Crippen LogP contribution in [0.15, 0.2) is 11.1 Å². The fourth-order valence-corrected chi connectivity index (χ4v) is 5.67. The fourth-order valence-electron chi connectivity index (χ4n) is 4.46. The van der Waals surface area contributed by atoms with Crippen molar-refractivity contribution < 1.29 is 23.8 Å². The van der Waals surface area contributed by atoms with Gasteiger partial charge in [0.25, 0.3) is 0 Å². The van der Waals surface area contributed by atoms with Crippen molar-refractivity contribution in [2.45, 2.75) is 73.8 Å². The van der Waals surface area contributed by atoms with Crippen molar-refractivity contribution >= 4 is 27.9 Å². The van der Waals surface area contributed by atoms with Gasteiger partial charge in [-0.05, 0) is 12.8 Å². The lowest BCUT2D eigenvalue weighted by Crippen LogP contribution is -2.43. The molecule has 3 rings (SSSR count). The van der Waals surface area contributed by atoms with Crippen LogP contribution < -0.4 is 0 Å². The third-order valence-electron chi connectivity index (χ3n) is 5.77. The summed E-state index contributed by atoms with van der Waals surface area (Å²) in [6, 6.07) is 0. The van der Waals surface area contributed by atoms with Gasteiger partial charge in [0.2, 0.25) is 0 Å². The highest BCUT2D eigenvalue weighted by Gasteiger charge is 2.75. The Hall–Kier alpha value is -0.880. The molecule has 1 aliphatic heterocycles. The van der Waals surface area contributed by atoms with Crippen LogP contribution in [0.3, 0.4) is 0 Å². The molecule has 0 aromatic rings. The molecule has 0 N–H and O–H groups in total. The number of rotatable bonds is 2. The monoisotopic (exact) mass is 400 g/mol. The van der Waals surface area contributed by atoms with E-state index in [1.54, 1.807) is 0 Å². The second-order valence-electron chi connectivity index (χ2n) is 7.02. The quantitative estimate of drug-likeness (QED) is 0.403. The average Bonchev–Trinajstić information content (AvgIpc) is 3.26. The molecule has 134 valence electrons. The molecule has 0 bridgehead atoms. The van der Waals surface area contributed by atoms with Gasteiger partial charge in [-0.25, -0.2) is 9.59 Å². The molecule has 5 nitrogen and oxygen atoms in total. The minimum atomic E-state index is -0.479. The van der Waals surface area contributed by atoms with E-state index in [4.69, 9.17) is 14.2 Å². The summed E-state index contributed by atoms with van der Waals surface area (Å²) in [5.41, 5.74) is 0.0243. The van der Waals surface area contributed by atoms with Crippen LogP contribution in [0.2, 0.25) is 0 Å². The first-order valence-corrected chi connectivity index (χ1v) is 9.67. The summed E-state index contributed by atoms with van der Waals surface area (Å²) in [7, 11) is 2.68. The fraction of sp³-hybridized carbons (Fsp3) is 0.778. The predicted molar refractivity (Wildman–Crippen MR) is 91.9 cm³/mol. The molecule has 2 fully saturated rings. The minimum Gasteiger partial charge on any atom is -0.466 e. The Morgan fingerprint density at radius 2 is 1.58 bits per heavy atom. The van der Waals surface area contributed by atoms with Gasteiger partial charge in [-0.3, -0.25) is 0 Å². The maximum atomic E-state index is 12.3. The van der Waals surface area contributed by atoms with E-state index in [1.807, 2.05) is 0 Å². The Bertz CT molecular complexity index is 572. The van der Waals surface area contributed by atoms with E-state index >= 15 is 0 Å². The van der Waals surface area contributed by atoms with E-state index in [0.29, 0.717) is 17.6 Å². The van der Waals surface area contributed by atoms with Crippen LogP contribution in [0.1, 0.15) is 57.8 Å². The average molecular weight is 401 g/mol. The van der Waals surface area contributed by atoms with Gasteiger partial charge in [0.15, 0.2) is 0 Å². The lowest BCUT2D eigenvalue weighted by atomic mass is 9.71. The van der Waals surface area contributed by atoms with Crippen molar-refractivity contribution in [1.29, 1.82) is 0 Å². The molecule has 0 aromatic carbocycles. The molecule has 6 heteroatoms. The number of epoxide rings is 1. The van der Waals surface area contributed by atoms with Crippen molar-refractivity contribution in [3.63, 3.8) is 0 Å². The number of halogens is 1. The number of hydrogen-bond acceptors (Lipinski definition) is 5. The zero-order valence-corrected chi connectivity index (χ0v) is 15.9. The molecule has 0 spiro atoms. The molecule has 3 aliphatic rings. The number of carbonyl (C=O) groups is 2. The third-order valence-corrected chi connectivity index (χ3v) is 6.97. The first-order valence-electron chi connectivity index (χ1n) is 8.75. The van der Waals surface area contributed by atoms with E-state index in [-0.39, 0.29) is 10.4 Å². The lowest BCUT2D eigenvalue weighted by Gasteiger charge is -2.32. The second kappa shape index (κ2) is 6.79. The number of ether oxygens (including phenoxy) is 3. The van der Waals surface area contributed by atoms with Crippen molar-refractivity contribution in [3.05, 3.63) is 11.1 Å². The molecule has 3 unspecified atom stereocenters. The van der Waals surface area contributed by atoms with Gasteiger partial charge in [-0.15, -0.1) is 0 Å². The topological polar surface area (TPSA) is 65.1 Å². The van der Waals surface area contributed by atoms with Crippen LogP contribution in [0.5, 0.6) is 0 Å². The first kappa shape index (κ1) is 17.9. The van der Waals surface area contributed by atoms with Gasteiger partial charge in [0.05, 0.1) is 30.2 Å². The maximum absolute atomic E-state index is 12.3. The van der Waals surface area contributed by atoms with Gasteiger partial charge in [0.1, 0.15) is 11.2 Å². The zero-order chi connectivity index (χ0) is 17.4. The molecular formula is C18H25BrO5. The van der Waals surface area contributed by atoms with E-state index in [1.165, 1.54) is 39.9 Å². The normalized spacial score (nSPS) is 36.2. The molecular weight excluding hydrogens is 376 g/mol. The highest BCUT2D eigenvalue weighted by molar-refractivity contribution is 9.09. The Labute approximate surface area is 151 Å². The van der Waals surface area contributed by atoms with Gasteiger partial charge in [-0.1, -0.05) is 54.5 Å². The van der Waals surface area contributed by atoms with Crippen molar-refractivity contribution in [3.8, 4) is 0 Å². The summed E-state index contributed by atoms with van der Waals surface area (Å²) in [6.07, 6.45) is 9.30. The third kappa shape index (κ3) is 2.71. The highest BCUT2D eigenvalue weighted by Crippen LogP contribution is 2.65. The summed E-state index contributed by atoms with van der Waals surface area (Å²) in [6.45, 7) is 0. The largest absolute Gasteiger partial charge is 0.466 e. The smallest absolute Gasteiger partial charge is 0.335 e. The van der Waals surface area contributed by atoms with Crippen LogP contribution in [0.4, 0.5) is 0 Å². The van der Waals surface area contributed by atoms with Crippen LogP contribution in [0, 0.1) is 0 Å². The zero-order valence-electron chi connectivity index (χ0n) is 14.4. The predicted octanol–water partition coefficient (Wildman–Crippen LogP) is 3.44. The van der Waals surface area contributed by atoms with Gasteiger partial charge in [0, 0.05) is 6.42 Å². The first-order chi connectivity index (χ1) is 11.5. The Morgan fingerprint density at radius 1 is 1.00 bits per heavy atom. The summed E-state index contributed by atoms with van der Waals surface area (Å²) in [5, 5.41) is 0. The molecule has 3 atom stereocenters. The Kier molecular flexibility index (Phi) is 5.07. The van der Waals surface area contributed by atoms with Crippen molar-refractivity contribution in [2.24, 2.45) is 0 Å². The van der Waals surface area contributed by atoms with Gasteiger partial charge < -0.3 is 14.2 Å².